The zero-order valence-electron chi connectivity index (χ0n) is 8.94. The predicted molar refractivity (Wildman–Crippen MR) is 66.7 cm³/mol. The summed E-state index contributed by atoms with van der Waals surface area (Å²) in [6.45, 7) is -1.59. The highest BCUT2D eigenvalue weighted by Gasteiger charge is 2.27. The van der Waals surface area contributed by atoms with Crippen LogP contribution in [-0.4, -0.2) is 25.2 Å². The first kappa shape index (κ1) is 15.1. The molecule has 0 aliphatic heterocycles. The summed E-state index contributed by atoms with van der Waals surface area (Å²) in [5.41, 5.74) is 0.571. The number of carbonyl (C=O) groups excluding carboxylic acids is 1. The van der Waals surface area contributed by atoms with Crippen molar-refractivity contribution in [3.05, 3.63) is 27.7 Å². The maximum absolute atomic E-state index is 11.8. The van der Waals surface area contributed by atoms with Gasteiger partial charge in [0.2, 0.25) is 5.91 Å². The van der Waals surface area contributed by atoms with Crippen LogP contribution in [0.5, 0.6) is 0 Å². The van der Waals surface area contributed by atoms with Gasteiger partial charge in [-0.2, -0.15) is 13.2 Å². The highest BCUT2D eigenvalue weighted by molar-refractivity contribution is 9.10. The lowest BCUT2D eigenvalue weighted by molar-refractivity contribution is -0.137. The minimum absolute atomic E-state index is 0.254. The second-order valence-corrected chi connectivity index (χ2v) is 4.66. The maximum Gasteiger partial charge on any atom is 0.405 e. The molecule has 0 aliphatic rings. The van der Waals surface area contributed by atoms with E-state index in [2.05, 4.69) is 21.2 Å². The van der Waals surface area contributed by atoms with Crippen LogP contribution in [0.3, 0.4) is 0 Å². The topological polar surface area (TPSA) is 41.1 Å². The van der Waals surface area contributed by atoms with E-state index >= 15 is 0 Å². The van der Waals surface area contributed by atoms with E-state index < -0.39 is 18.6 Å². The van der Waals surface area contributed by atoms with Crippen LogP contribution in [-0.2, 0) is 4.79 Å². The van der Waals surface area contributed by atoms with E-state index in [1.165, 1.54) is 0 Å². The Balaban J connectivity index is 2.43. The molecular weight excluding hydrogens is 336 g/mol. The zero-order chi connectivity index (χ0) is 13.8. The third kappa shape index (κ3) is 5.59. The van der Waals surface area contributed by atoms with Gasteiger partial charge in [-0.3, -0.25) is 4.79 Å². The average molecular weight is 346 g/mol. The number of nitrogens with one attached hydrogen (secondary N) is 2. The molecule has 0 radical (unpaired) electrons. The highest BCUT2D eigenvalue weighted by Crippen LogP contribution is 2.25. The molecule has 8 heteroatoms. The summed E-state index contributed by atoms with van der Waals surface area (Å²) in [5.74, 6) is -0.742. The van der Waals surface area contributed by atoms with E-state index in [1.54, 1.807) is 23.5 Å². The molecule has 0 heterocycles. The van der Waals surface area contributed by atoms with E-state index in [4.69, 9.17) is 11.6 Å². The first-order chi connectivity index (χ1) is 8.28. The van der Waals surface area contributed by atoms with Crippen LogP contribution in [0.1, 0.15) is 0 Å². The summed E-state index contributed by atoms with van der Waals surface area (Å²) >= 11 is 8.93. The van der Waals surface area contributed by atoms with Crippen molar-refractivity contribution in [1.82, 2.24) is 5.32 Å². The normalized spacial score (nSPS) is 11.2. The molecule has 0 aromatic heterocycles. The van der Waals surface area contributed by atoms with Gasteiger partial charge in [-0.25, -0.2) is 0 Å². The number of hydrogen-bond acceptors (Lipinski definition) is 2. The Morgan fingerprint density at radius 2 is 2.06 bits per heavy atom. The molecule has 1 amide bonds. The molecule has 100 valence electrons. The summed E-state index contributed by atoms with van der Waals surface area (Å²) in [5, 5.41) is 4.96. The zero-order valence-corrected chi connectivity index (χ0v) is 11.3. The molecule has 2 N–H and O–H groups in total. The van der Waals surface area contributed by atoms with Gasteiger partial charge in [0, 0.05) is 15.2 Å². The highest BCUT2D eigenvalue weighted by atomic mass is 79.9. The number of anilines is 1. The monoisotopic (exact) mass is 344 g/mol. The fourth-order valence-corrected chi connectivity index (χ4v) is 1.89. The molecule has 0 atom stereocenters. The van der Waals surface area contributed by atoms with Crippen LogP contribution in [0.4, 0.5) is 18.9 Å². The van der Waals surface area contributed by atoms with Gasteiger partial charge in [0.25, 0.3) is 0 Å². The number of alkyl halides is 3. The van der Waals surface area contributed by atoms with Crippen LogP contribution >= 0.6 is 27.5 Å². The predicted octanol–water partition coefficient (Wildman–Crippen LogP) is 3.19. The van der Waals surface area contributed by atoms with E-state index in [0.717, 1.165) is 0 Å². The van der Waals surface area contributed by atoms with Gasteiger partial charge in [0.15, 0.2) is 0 Å². The van der Waals surface area contributed by atoms with E-state index in [1.807, 2.05) is 0 Å². The van der Waals surface area contributed by atoms with Gasteiger partial charge in [0.1, 0.15) is 6.54 Å². The molecule has 0 spiro atoms. The SMILES string of the molecule is O=C(CNc1ccc(Cl)cc1Br)NCC(F)(F)F. The van der Waals surface area contributed by atoms with Crippen molar-refractivity contribution >= 4 is 39.1 Å². The van der Waals surface area contributed by atoms with Crippen molar-refractivity contribution in [2.75, 3.05) is 18.4 Å². The lowest BCUT2D eigenvalue weighted by Crippen LogP contribution is -2.37. The van der Waals surface area contributed by atoms with E-state index in [0.29, 0.717) is 15.2 Å². The van der Waals surface area contributed by atoms with Crippen molar-refractivity contribution in [3.63, 3.8) is 0 Å². The number of carbonyl (C=O) groups is 1. The molecule has 0 bridgehead atoms. The Hall–Kier alpha value is -0.950. The van der Waals surface area contributed by atoms with Crippen LogP contribution < -0.4 is 10.6 Å². The minimum Gasteiger partial charge on any atom is -0.375 e. The Morgan fingerprint density at radius 1 is 1.39 bits per heavy atom. The average Bonchev–Trinajstić information content (AvgIpc) is 2.24. The summed E-state index contributed by atoms with van der Waals surface area (Å²) in [4.78, 5) is 11.1. The van der Waals surface area contributed by atoms with Gasteiger partial charge >= 0.3 is 6.18 Å². The van der Waals surface area contributed by atoms with Crippen molar-refractivity contribution in [2.45, 2.75) is 6.18 Å². The molecule has 0 fully saturated rings. The van der Waals surface area contributed by atoms with Crippen molar-refractivity contribution in [1.29, 1.82) is 0 Å². The van der Waals surface area contributed by atoms with Gasteiger partial charge < -0.3 is 10.6 Å². The van der Waals surface area contributed by atoms with Gasteiger partial charge in [0.05, 0.1) is 6.54 Å². The standard InChI is InChI=1S/C10H9BrClF3N2O/c11-7-3-6(12)1-2-8(7)16-4-9(18)17-5-10(13,14)15/h1-3,16H,4-5H2,(H,17,18). The third-order valence-electron chi connectivity index (χ3n) is 1.86. The number of halogens is 5. The lowest BCUT2D eigenvalue weighted by Gasteiger charge is -2.10. The summed E-state index contributed by atoms with van der Waals surface area (Å²) in [6, 6.07) is 4.82. The third-order valence-corrected chi connectivity index (χ3v) is 2.75. The lowest BCUT2D eigenvalue weighted by atomic mass is 10.3. The van der Waals surface area contributed by atoms with Crippen LogP contribution in [0, 0.1) is 0 Å². The van der Waals surface area contributed by atoms with Crippen molar-refractivity contribution < 1.29 is 18.0 Å². The molecule has 18 heavy (non-hydrogen) atoms. The number of amides is 1. The first-order valence-corrected chi connectivity index (χ1v) is 5.97. The quantitative estimate of drug-likeness (QED) is 0.880. The van der Waals surface area contributed by atoms with E-state index in [-0.39, 0.29) is 6.54 Å². The van der Waals surface area contributed by atoms with Gasteiger partial charge in [-0.05, 0) is 34.1 Å². The van der Waals surface area contributed by atoms with Crippen LogP contribution in [0.2, 0.25) is 5.02 Å². The molecule has 1 aromatic carbocycles. The number of hydrogen-bond donors (Lipinski definition) is 2. The second kappa shape index (κ2) is 6.29. The van der Waals surface area contributed by atoms with Gasteiger partial charge in [-0.1, -0.05) is 11.6 Å². The Labute approximate surface area is 115 Å². The first-order valence-electron chi connectivity index (χ1n) is 4.80. The maximum atomic E-state index is 11.8. The fourth-order valence-electron chi connectivity index (χ4n) is 1.07. The molecule has 0 aliphatic carbocycles. The second-order valence-electron chi connectivity index (χ2n) is 3.37. The molecular formula is C10H9BrClF3N2O. The molecule has 1 rings (SSSR count). The smallest absolute Gasteiger partial charge is 0.375 e. The number of rotatable bonds is 4. The Bertz CT molecular complexity index is 440. The summed E-state index contributed by atoms with van der Waals surface area (Å²) in [6.07, 6.45) is -4.41. The van der Waals surface area contributed by atoms with Crippen LogP contribution in [0.15, 0.2) is 22.7 Å². The number of benzene rings is 1. The van der Waals surface area contributed by atoms with Crippen molar-refractivity contribution in [3.8, 4) is 0 Å². The van der Waals surface area contributed by atoms with Crippen LogP contribution in [0.25, 0.3) is 0 Å². The summed E-state index contributed by atoms with van der Waals surface area (Å²) < 4.78 is 36.1. The Kier molecular flexibility index (Phi) is 5.28. The molecule has 0 saturated carbocycles. The molecule has 3 nitrogen and oxygen atoms in total. The fraction of sp³-hybridized carbons (Fsp3) is 0.300. The Morgan fingerprint density at radius 3 is 2.61 bits per heavy atom. The van der Waals surface area contributed by atoms with Gasteiger partial charge in [-0.15, -0.1) is 0 Å². The largest absolute Gasteiger partial charge is 0.405 e. The minimum atomic E-state index is -4.41. The van der Waals surface area contributed by atoms with E-state index in [9.17, 15) is 18.0 Å². The van der Waals surface area contributed by atoms with Crippen molar-refractivity contribution in [2.24, 2.45) is 0 Å². The molecule has 0 saturated heterocycles. The summed E-state index contributed by atoms with van der Waals surface area (Å²) in [7, 11) is 0. The molecule has 0 unspecified atom stereocenters. The molecule has 1 aromatic rings.